The van der Waals surface area contributed by atoms with Crippen molar-refractivity contribution in [3.8, 4) is 0 Å². The molecule has 1 amide bonds. The number of hydrogen-bond acceptors (Lipinski definition) is 6. The minimum absolute atomic E-state index is 0.110. The lowest BCUT2D eigenvalue weighted by Gasteiger charge is -1.98. The first-order valence-electron chi connectivity index (χ1n) is 6.86. The van der Waals surface area contributed by atoms with Gasteiger partial charge in [-0.3, -0.25) is 10.1 Å². The number of para-hydroxylation sites is 1. The minimum Gasteiger partial charge on any atom is -0.333 e. The summed E-state index contributed by atoms with van der Waals surface area (Å²) in [6.07, 6.45) is 0.820. The average Bonchev–Trinajstić information content (AvgIpc) is 3.12. The van der Waals surface area contributed by atoms with Gasteiger partial charge >= 0.3 is 0 Å². The molecule has 3 aromatic rings. The topological polar surface area (TPSA) is 83.6 Å². The van der Waals surface area contributed by atoms with E-state index in [0.29, 0.717) is 5.13 Å². The highest BCUT2D eigenvalue weighted by Crippen LogP contribution is 2.22. The number of carbonyl (C=O) groups excluding carboxylic acids is 1. The summed E-state index contributed by atoms with van der Waals surface area (Å²) in [5.74, 6) is 0.167. The van der Waals surface area contributed by atoms with Gasteiger partial charge < -0.3 is 4.98 Å². The number of thioether (sulfide) groups is 1. The normalized spacial score (nSPS) is 11.0. The van der Waals surface area contributed by atoms with Crippen molar-refractivity contribution in [2.24, 2.45) is 0 Å². The molecule has 0 saturated carbocycles. The van der Waals surface area contributed by atoms with Gasteiger partial charge in [-0.25, -0.2) is 4.98 Å². The third-order valence-electron chi connectivity index (χ3n) is 3.05. The van der Waals surface area contributed by atoms with Gasteiger partial charge in [0.05, 0.1) is 16.8 Å². The molecule has 0 spiro atoms. The molecule has 2 heterocycles. The quantitative estimate of drug-likeness (QED) is 0.701. The highest BCUT2D eigenvalue weighted by molar-refractivity contribution is 7.99. The summed E-state index contributed by atoms with van der Waals surface area (Å²) in [6, 6.07) is 5.98. The van der Waals surface area contributed by atoms with Crippen LogP contribution in [0.1, 0.15) is 17.5 Å². The number of aromatic nitrogens is 4. The Labute approximate surface area is 135 Å². The Bertz CT molecular complexity index is 811. The number of aryl methyl sites for hydroxylation is 2. The Morgan fingerprint density at radius 3 is 3.00 bits per heavy atom. The molecule has 2 aromatic heterocycles. The lowest BCUT2D eigenvalue weighted by Crippen LogP contribution is -2.13. The summed E-state index contributed by atoms with van der Waals surface area (Å²) >= 11 is 2.77. The van der Waals surface area contributed by atoms with Gasteiger partial charge in [0, 0.05) is 0 Å². The molecule has 0 aliphatic carbocycles. The molecule has 0 radical (unpaired) electrons. The minimum atomic E-state index is -0.110. The number of imidazole rings is 1. The number of nitrogens with one attached hydrogen (secondary N) is 2. The Kier molecular flexibility index (Phi) is 4.39. The second kappa shape index (κ2) is 6.45. The fourth-order valence-electron chi connectivity index (χ4n) is 1.96. The molecule has 1 aromatic carbocycles. The number of rotatable bonds is 5. The molecular formula is C14H15N5OS2. The van der Waals surface area contributed by atoms with Crippen LogP contribution < -0.4 is 5.32 Å². The monoisotopic (exact) mass is 333 g/mol. The van der Waals surface area contributed by atoms with Crippen LogP contribution in [0.5, 0.6) is 0 Å². The number of carbonyl (C=O) groups is 1. The van der Waals surface area contributed by atoms with E-state index < -0.39 is 0 Å². The van der Waals surface area contributed by atoms with E-state index in [-0.39, 0.29) is 11.7 Å². The first-order chi connectivity index (χ1) is 10.7. The summed E-state index contributed by atoms with van der Waals surface area (Å²) in [4.78, 5) is 19.7. The Morgan fingerprint density at radius 1 is 1.41 bits per heavy atom. The van der Waals surface area contributed by atoms with Crippen molar-refractivity contribution < 1.29 is 4.79 Å². The van der Waals surface area contributed by atoms with Gasteiger partial charge in [0.1, 0.15) is 5.01 Å². The van der Waals surface area contributed by atoms with Gasteiger partial charge in [-0.1, -0.05) is 42.2 Å². The van der Waals surface area contributed by atoms with Gasteiger partial charge in [0.15, 0.2) is 5.16 Å². The molecule has 3 rings (SSSR count). The van der Waals surface area contributed by atoms with Crippen molar-refractivity contribution in [1.29, 1.82) is 0 Å². The third kappa shape index (κ3) is 3.28. The molecule has 0 fully saturated rings. The fourth-order valence-corrected chi connectivity index (χ4v) is 3.33. The summed E-state index contributed by atoms with van der Waals surface area (Å²) in [6.45, 7) is 4.02. The molecule has 0 aliphatic rings. The molecule has 0 atom stereocenters. The third-order valence-corrected chi connectivity index (χ3v) is 4.90. The highest BCUT2D eigenvalue weighted by Gasteiger charge is 2.10. The number of benzene rings is 1. The molecular weight excluding hydrogens is 318 g/mol. The van der Waals surface area contributed by atoms with E-state index in [1.807, 2.05) is 32.0 Å². The lowest BCUT2D eigenvalue weighted by atomic mass is 10.2. The molecule has 0 saturated heterocycles. The number of fused-ring (bicyclic) bond motifs is 1. The van der Waals surface area contributed by atoms with E-state index in [0.717, 1.165) is 33.2 Å². The van der Waals surface area contributed by atoms with Gasteiger partial charge in [-0.15, -0.1) is 10.2 Å². The second-order valence-corrected chi connectivity index (χ2v) is 6.73. The van der Waals surface area contributed by atoms with Crippen molar-refractivity contribution in [3.05, 3.63) is 28.8 Å². The number of amides is 1. The number of aromatic amines is 1. The van der Waals surface area contributed by atoms with Crippen LogP contribution in [0.15, 0.2) is 23.4 Å². The maximum Gasteiger partial charge on any atom is 0.236 e. The number of hydrogen-bond donors (Lipinski definition) is 2. The van der Waals surface area contributed by atoms with Crippen molar-refractivity contribution in [3.63, 3.8) is 0 Å². The van der Waals surface area contributed by atoms with Crippen LogP contribution in [-0.4, -0.2) is 31.8 Å². The van der Waals surface area contributed by atoms with Crippen molar-refractivity contribution in [2.45, 2.75) is 25.4 Å². The van der Waals surface area contributed by atoms with Crippen LogP contribution in [0.2, 0.25) is 0 Å². The summed E-state index contributed by atoms with van der Waals surface area (Å²) < 4.78 is 0. The van der Waals surface area contributed by atoms with E-state index in [1.165, 1.54) is 23.1 Å². The smallest absolute Gasteiger partial charge is 0.236 e. The van der Waals surface area contributed by atoms with Crippen molar-refractivity contribution >= 4 is 45.2 Å². The Hall–Kier alpha value is -1.93. The summed E-state index contributed by atoms with van der Waals surface area (Å²) in [7, 11) is 0. The van der Waals surface area contributed by atoms with Gasteiger partial charge in [0.25, 0.3) is 0 Å². The zero-order valence-electron chi connectivity index (χ0n) is 12.2. The van der Waals surface area contributed by atoms with Crippen molar-refractivity contribution in [2.75, 3.05) is 11.1 Å². The predicted molar refractivity (Wildman–Crippen MR) is 89.5 cm³/mol. The van der Waals surface area contributed by atoms with Crippen LogP contribution in [-0.2, 0) is 11.2 Å². The zero-order valence-corrected chi connectivity index (χ0v) is 13.8. The van der Waals surface area contributed by atoms with Crippen molar-refractivity contribution in [1.82, 2.24) is 20.2 Å². The predicted octanol–water partition coefficient (Wildman–Crippen LogP) is 3.02. The fraction of sp³-hybridized carbons (Fsp3) is 0.286. The maximum absolute atomic E-state index is 11.9. The molecule has 22 heavy (non-hydrogen) atoms. The van der Waals surface area contributed by atoms with E-state index in [1.54, 1.807) is 0 Å². The van der Waals surface area contributed by atoms with Gasteiger partial charge in [0.2, 0.25) is 11.0 Å². The first-order valence-corrected chi connectivity index (χ1v) is 8.66. The number of anilines is 1. The largest absolute Gasteiger partial charge is 0.333 e. The van der Waals surface area contributed by atoms with E-state index >= 15 is 0 Å². The van der Waals surface area contributed by atoms with Crippen LogP contribution in [0.4, 0.5) is 5.13 Å². The molecule has 0 bridgehead atoms. The van der Waals surface area contributed by atoms with Gasteiger partial charge in [-0.05, 0) is 25.0 Å². The standard InChI is InChI=1S/C14H15N5OS2/c1-3-11-18-19-14(22-11)16-10(20)7-21-13-15-9-6-4-5-8(2)12(9)17-13/h4-6H,3,7H2,1-2H3,(H,15,17)(H,16,19,20). The second-order valence-electron chi connectivity index (χ2n) is 4.70. The Morgan fingerprint density at radius 2 is 2.27 bits per heavy atom. The zero-order chi connectivity index (χ0) is 15.5. The lowest BCUT2D eigenvalue weighted by molar-refractivity contribution is -0.113. The van der Waals surface area contributed by atoms with E-state index in [9.17, 15) is 4.79 Å². The average molecular weight is 333 g/mol. The van der Waals surface area contributed by atoms with Crippen LogP contribution in [0.25, 0.3) is 11.0 Å². The van der Waals surface area contributed by atoms with Crippen LogP contribution in [0.3, 0.4) is 0 Å². The molecule has 2 N–H and O–H groups in total. The van der Waals surface area contributed by atoms with Crippen LogP contribution in [0, 0.1) is 6.92 Å². The van der Waals surface area contributed by atoms with E-state index in [2.05, 4.69) is 25.5 Å². The van der Waals surface area contributed by atoms with E-state index in [4.69, 9.17) is 0 Å². The maximum atomic E-state index is 11.9. The number of nitrogens with zero attached hydrogens (tertiary/aromatic N) is 3. The highest BCUT2D eigenvalue weighted by atomic mass is 32.2. The summed E-state index contributed by atoms with van der Waals surface area (Å²) in [5, 5.41) is 12.9. The molecule has 6 nitrogen and oxygen atoms in total. The molecule has 0 unspecified atom stereocenters. The number of H-pyrrole nitrogens is 1. The molecule has 8 heteroatoms. The van der Waals surface area contributed by atoms with Crippen LogP contribution >= 0.6 is 23.1 Å². The SMILES string of the molecule is CCc1nnc(NC(=O)CSc2nc3c(C)cccc3[nH]2)s1. The summed E-state index contributed by atoms with van der Waals surface area (Å²) in [5.41, 5.74) is 3.05. The Balaban J connectivity index is 1.61. The van der Waals surface area contributed by atoms with Gasteiger partial charge in [-0.2, -0.15) is 0 Å². The molecule has 0 aliphatic heterocycles. The molecule has 114 valence electrons. The first kappa shape index (κ1) is 15.0.